The first-order valence-electron chi connectivity index (χ1n) is 25.7. The van der Waals surface area contributed by atoms with Crippen LogP contribution in [0.25, 0.3) is 0 Å². The first kappa shape index (κ1) is 55.9. The van der Waals surface area contributed by atoms with Crippen molar-refractivity contribution in [2.75, 3.05) is 32.8 Å². The van der Waals surface area contributed by atoms with Gasteiger partial charge in [-0.25, -0.2) is 0 Å². The van der Waals surface area contributed by atoms with E-state index in [1.54, 1.807) is 0 Å². The molecule has 0 radical (unpaired) electrons. The van der Waals surface area contributed by atoms with Crippen LogP contribution >= 0.6 is 0 Å². The van der Waals surface area contributed by atoms with Gasteiger partial charge in [-0.05, 0) is 90.3 Å². The van der Waals surface area contributed by atoms with Crippen molar-refractivity contribution in [1.82, 2.24) is 4.90 Å². The molecule has 0 aliphatic carbocycles. The highest BCUT2D eigenvalue weighted by Gasteiger charge is 2.25. The molecule has 0 bridgehead atoms. The zero-order valence-corrected chi connectivity index (χ0v) is 39.1. The van der Waals surface area contributed by atoms with Gasteiger partial charge in [-0.15, -0.1) is 0 Å². The van der Waals surface area contributed by atoms with E-state index in [2.05, 4.69) is 32.6 Å². The molecule has 0 amide bonds. The van der Waals surface area contributed by atoms with E-state index in [1.807, 2.05) is 0 Å². The predicted octanol–water partition coefficient (Wildman–Crippen LogP) is 15.4. The molecule has 57 heavy (non-hydrogen) atoms. The summed E-state index contributed by atoms with van der Waals surface area (Å²) in [6.45, 7) is 13.6. The van der Waals surface area contributed by atoms with Crippen molar-refractivity contribution in [3.8, 4) is 0 Å². The summed E-state index contributed by atoms with van der Waals surface area (Å²) in [5.41, 5.74) is -0.595. The number of hydrogen-bond donors (Lipinski definition) is 1. The monoisotopic (exact) mass is 808 g/mol. The lowest BCUT2D eigenvalue weighted by Gasteiger charge is -2.29. The fourth-order valence-corrected chi connectivity index (χ4v) is 8.34. The van der Waals surface area contributed by atoms with E-state index in [1.165, 1.54) is 142 Å². The van der Waals surface area contributed by atoms with Crippen molar-refractivity contribution in [2.24, 2.45) is 0 Å². The maximum absolute atomic E-state index is 12.2. The van der Waals surface area contributed by atoms with Crippen LogP contribution in [0.15, 0.2) is 0 Å². The molecular formula is C51H101NO5. The highest BCUT2D eigenvalue weighted by Crippen LogP contribution is 2.28. The highest BCUT2D eigenvalue weighted by atomic mass is 16.5. The molecule has 6 nitrogen and oxygen atoms in total. The molecule has 6 heteroatoms. The summed E-state index contributed by atoms with van der Waals surface area (Å²) >= 11 is 0. The second kappa shape index (κ2) is 44.4. The molecular weight excluding hydrogens is 707 g/mol. The van der Waals surface area contributed by atoms with Gasteiger partial charge in [-0.3, -0.25) is 9.59 Å². The molecule has 0 unspecified atom stereocenters. The van der Waals surface area contributed by atoms with Gasteiger partial charge in [-0.1, -0.05) is 195 Å². The molecule has 0 aromatic carbocycles. The molecule has 0 heterocycles. The molecule has 0 aromatic heterocycles. The Balaban J connectivity index is 4.19. The van der Waals surface area contributed by atoms with E-state index < -0.39 is 5.60 Å². The lowest BCUT2D eigenvalue weighted by molar-refractivity contribution is -0.144. The first-order chi connectivity index (χ1) is 27.9. The van der Waals surface area contributed by atoms with Crippen molar-refractivity contribution in [2.45, 2.75) is 284 Å². The van der Waals surface area contributed by atoms with E-state index in [9.17, 15) is 14.7 Å². The van der Waals surface area contributed by atoms with Gasteiger partial charge in [-0.2, -0.15) is 0 Å². The smallest absolute Gasteiger partial charge is 0.305 e. The Bertz CT molecular complexity index is 776. The van der Waals surface area contributed by atoms with Crippen LogP contribution < -0.4 is 0 Å². The lowest BCUT2D eigenvalue weighted by Crippen LogP contribution is -2.30. The Morgan fingerprint density at radius 2 is 0.667 bits per heavy atom. The molecule has 0 spiro atoms. The number of hydrogen-bond acceptors (Lipinski definition) is 6. The molecule has 1 N–H and O–H groups in total. The van der Waals surface area contributed by atoms with Gasteiger partial charge >= 0.3 is 11.9 Å². The third-order valence-corrected chi connectivity index (χ3v) is 12.0. The van der Waals surface area contributed by atoms with Crippen LogP contribution in [-0.4, -0.2) is 60.4 Å². The minimum Gasteiger partial charge on any atom is -0.466 e. The number of carbonyl (C=O) groups is 2. The van der Waals surface area contributed by atoms with E-state index >= 15 is 0 Å². The molecule has 0 aromatic rings. The second-order valence-electron chi connectivity index (χ2n) is 17.9. The van der Waals surface area contributed by atoms with Gasteiger partial charge in [0.25, 0.3) is 0 Å². The summed E-state index contributed by atoms with van der Waals surface area (Å²) in [6.07, 6.45) is 44.8. The van der Waals surface area contributed by atoms with Gasteiger partial charge in [0.2, 0.25) is 0 Å². The van der Waals surface area contributed by atoms with Crippen molar-refractivity contribution in [3.63, 3.8) is 0 Å². The largest absolute Gasteiger partial charge is 0.466 e. The Morgan fingerprint density at radius 3 is 1.02 bits per heavy atom. The van der Waals surface area contributed by atoms with E-state index in [0.717, 1.165) is 116 Å². The van der Waals surface area contributed by atoms with Crippen molar-refractivity contribution < 1.29 is 24.2 Å². The van der Waals surface area contributed by atoms with Crippen LogP contribution in [-0.2, 0) is 19.1 Å². The van der Waals surface area contributed by atoms with Crippen LogP contribution in [0.5, 0.6) is 0 Å². The summed E-state index contributed by atoms with van der Waals surface area (Å²) in [6, 6.07) is 0. The van der Waals surface area contributed by atoms with Crippen LogP contribution in [0.2, 0.25) is 0 Å². The van der Waals surface area contributed by atoms with Crippen LogP contribution in [0.3, 0.4) is 0 Å². The Morgan fingerprint density at radius 1 is 0.368 bits per heavy atom. The average molecular weight is 808 g/mol. The zero-order chi connectivity index (χ0) is 41.8. The average Bonchev–Trinajstić information content (AvgIpc) is 3.20. The molecule has 0 rings (SSSR count). The van der Waals surface area contributed by atoms with Crippen LogP contribution in [0, 0.1) is 0 Å². The minimum absolute atomic E-state index is 0.0329. The van der Waals surface area contributed by atoms with Crippen LogP contribution in [0.4, 0.5) is 0 Å². The Hall–Kier alpha value is -1.14. The number of ether oxygens (including phenoxy) is 2. The molecule has 0 saturated carbocycles. The quantitative estimate of drug-likeness (QED) is 0.0487. The lowest BCUT2D eigenvalue weighted by atomic mass is 9.85. The van der Waals surface area contributed by atoms with Crippen molar-refractivity contribution >= 4 is 11.9 Å². The topological polar surface area (TPSA) is 76.1 Å². The van der Waals surface area contributed by atoms with Gasteiger partial charge in [0.05, 0.1) is 18.8 Å². The van der Waals surface area contributed by atoms with Gasteiger partial charge in [0.15, 0.2) is 0 Å². The fourth-order valence-electron chi connectivity index (χ4n) is 8.34. The first-order valence-corrected chi connectivity index (χ1v) is 25.7. The summed E-state index contributed by atoms with van der Waals surface area (Å²) in [4.78, 5) is 27.0. The Kier molecular flexibility index (Phi) is 43.5. The summed E-state index contributed by atoms with van der Waals surface area (Å²) in [5, 5.41) is 11.8. The molecule has 0 atom stereocenters. The number of carbonyl (C=O) groups excluding carboxylic acids is 2. The molecule has 340 valence electrons. The number of rotatable bonds is 47. The standard InChI is InChI=1S/C51H101NO5/c1-5-9-11-13-15-17-19-21-23-25-31-39-49(53)56-47-37-29-27-33-41-51(55,43-35-36-46-52(44-7-3)45-8-4)42-34-28-30-38-48-57-50(54)40-32-26-24-22-20-18-16-14-12-10-6-2/h55H,5-48H2,1-4H3. The Labute approximate surface area is 356 Å². The van der Waals surface area contributed by atoms with Gasteiger partial charge in [0, 0.05) is 12.8 Å². The second-order valence-corrected chi connectivity index (χ2v) is 17.9. The molecule has 0 aliphatic rings. The highest BCUT2D eigenvalue weighted by molar-refractivity contribution is 5.69. The molecule has 0 aliphatic heterocycles. The van der Waals surface area contributed by atoms with E-state index in [-0.39, 0.29) is 11.9 Å². The predicted molar refractivity (Wildman–Crippen MR) is 246 cm³/mol. The molecule has 0 fully saturated rings. The normalized spacial score (nSPS) is 11.8. The van der Waals surface area contributed by atoms with E-state index in [4.69, 9.17) is 9.47 Å². The zero-order valence-electron chi connectivity index (χ0n) is 39.1. The SMILES string of the molecule is CCCCCCCCCCCCCC(=O)OCCCCCCC(O)(CCCCCCOC(=O)CCCCCCCCCCCCC)CCCCN(CCC)CCC. The summed E-state index contributed by atoms with van der Waals surface area (Å²) in [5.74, 6) is -0.0658. The summed E-state index contributed by atoms with van der Waals surface area (Å²) < 4.78 is 11.1. The van der Waals surface area contributed by atoms with Gasteiger partial charge < -0.3 is 19.5 Å². The number of unbranched alkanes of at least 4 members (excludes halogenated alkanes) is 27. The fraction of sp³-hybridized carbons (Fsp3) is 0.961. The number of nitrogens with zero attached hydrogens (tertiary/aromatic N) is 1. The van der Waals surface area contributed by atoms with Crippen molar-refractivity contribution in [3.05, 3.63) is 0 Å². The number of esters is 2. The van der Waals surface area contributed by atoms with Gasteiger partial charge in [0.1, 0.15) is 0 Å². The molecule has 0 saturated heterocycles. The van der Waals surface area contributed by atoms with Crippen LogP contribution in [0.1, 0.15) is 278 Å². The maximum atomic E-state index is 12.2. The third-order valence-electron chi connectivity index (χ3n) is 12.0. The minimum atomic E-state index is -0.595. The number of aliphatic hydroxyl groups is 1. The maximum Gasteiger partial charge on any atom is 0.305 e. The summed E-state index contributed by atoms with van der Waals surface area (Å²) in [7, 11) is 0. The van der Waals surface area contributed by atoms with E-state index in [0.29, 0.717) is 26.1 Å². The van der Waals surface area contributed by atoms with Crippen molar-refractivity contribution in [1.29, 1.82) is 0 Å². The third kappa shape index (κ3) is 41.4.